The summed E-state index contributed by atoms with van der Waals surface area (Å²) < 4.78 is 24.2. The van der Waals surface area contributed by atoms with Gasteiger partial charge in [-0.1, -0.05) is 0 Å². The summed E-state index contributed by atoms with van der Waals surface area (Å²) in [6.07, 6.45) is -0.395. The molecule has 3 nitrogen and oxygen atoms in total. The van der Waals surface area contributed by atoms with E-state index in [0.29, 0.717) is 0 Å². The van der Waals surface area contributed by atoms with Crippen LogP contribution in [0.2, 0.25) is 0 Å². The van der Waals surface area contributed by atoms with Gasteiger partial charge < -0.3 is 10.0 Å². The second-order valence-electron chi connectivity index (χ2n) is 3.96. The number of alkyl halides is 2. The highest BCUT2D eigenvalue weighted by Crippen LogP contribution is 2.05. The highest BCUT2D eigenvalue weighted by molar-refractivity contribution is 4.72. The first-order chi connectivity index (χ1) is 7.22. The SMILES string of the molecule is OCCCCN1CCN(CC(F)F)CC1. The minimum Gasteiger partial charge on any atom is -0.396 e. The maximum Gasteiger partial charge on any atom is 0.251 e. The molecule has 90 valence electrons. The Kier molecular flexibility index (Phi) is 6.05. The van der Waals surface area contributed by atoms with Gasteiger partial charge in [0.25, 0.3) is 6.43 Å². The molecule has 1 N–H and O–H groups in total. The summed E-state index contributed by atoms with van der Waals surface area (Å²) in [4.78, 5) is 4.09. The van der Waals surface area contributed by atoms with Gasteiger partial charge in [0.1, 0.15) is 0 Å². The molecular formula is C10H20F2N2O. The van der Waals surface area contributed by atoms with Gasteiger partial charge in [-0.3, -0.25) is 4.90 Å². The molecule has 1 heterocycles. The molecule has 0 aromatic rings. The molecule has 1 aliphatic rings. The number of halogens is 2. The van der Waals surface area contributed by atoms with E-state index >= 15 is 0 Å². The maximum atomic E-state index is 12.1. The van der Waals surface area contributed by atoms with Gasteiger partial charge in [0.2, 0.25) is 0 Å². The molecule has 1 fully saturated rings. The van der Waals surface area contributed by atoms with E-state index in [-0.39, 0.29) is 13.2 Å². The summed E-state index contributed by atoms with van der Waals surface area (Å²) in [6.45, 7) is 4.35. The Balaban J connectivity index is 2.07. The molecule has 1 aliphatic heterocycles. The lowest BCUT2D eigenvalue weighted by Crippen LogP contribution is -2.47. The molecular weight excluding hydrogens is 202 g/mol. The number of piperazine rings is 1. The van der Waals surface area contributed by atoms with Crippen molar-refractivity contribution >= 4 is 0 Å². The smallest absolute Gasteiger partial charge is 0.251 e. The molecule has 0 saturated carbocycles. The fourth-order valence-electron chi connectivity index (χ4n) is 1.84. The van der Waals surface area contributed by atoms with Crippen molar-refractivity contribution in [1.82, 2.24) is 9.80 Å². The minimum absolute atomic E-state index is 0.0928. The van der Waals surface area contributed by atoms with Crippen molar-refractivity contribution in [2.75, 3.05) is 45.9 Å². The Morgan fingerprint density at radius 3 is 2.13 bits per heavy atom. The minimum atomic E-state index is -2.22. The van der Waals surface area contributed by atoms with Crippen LogP contribution in [0.15, 0.2) is 0 Å². The van der Waals surface area contributed by atoms with Crippen LogP contribution in [0.1, 0.15) is 12.8 Å². The summed E-state index contributed by atoms with van der Waals surface area (Å²) in [5.41, 5.74) is 0. The molecule has 0 radical (unpaired) electrons. The van der Waals surface area contributed by atoms with Crippen LogP contribution >= 0.6 is 0 Å². The second-order valence-corrected chi connectivity index (χ2v) is 3.96. The highest BCUT2D eigenvalue weighted by atomic mass is 19.3. The van der Waals surface area contributed by atoms with Gasteiger partial charge >= 0.3 is 0 Å². The van der Waals surface area contributed by atoms with Crippen molar-refractivity contribution in [3.8, 4) is 0 Å². The van der Waals surface area contributed by atoms with E-state index in [2.05, 4.69) is 4.90 Å². The topological polar surface area (TPSA) is 26.7 Å². The van der Waals surface area contributed by atoms with Crippen molar-refractivity contribution in [2.45, 2.75) is 19.3 Å². The van der Waals surface area contributed by atoms with Gasteiger partial charge in [0.05, 0.1) is 6.54 Å². The average molecular weight is 222 g/mol. The van der Waals surface area contributed by atoms with E-state index in [9.17, 15) is 8.78 Å². The standard InChI is InChI=1S/C10H20F2N2O/c11-10(12)9-14-6-4-13(5-7-14)3-1-2-8-15/h10,15H,1-9H2. The molecule has 0 aromatic heterocycles. The van der Waals surface area contributed by atoms with Crippen LogP contribution in [0.5, 0.6) is 0 Å². The second kappa shape index (κ2) is 7.09. The Labute approximate surface area is 89.7 Å². The zero-order chi connectivity index (χ0) is 11.1. The van der Waals surface area contributed by atoms with Crippen LogP contribution < -0.4 is 0 Å². The van der Waals surface area contributed by atoms with Crippen molar-refractivity contribution < 1.29 is 13.9 Å². The van der Waals surface area contributed by atoms with Gasteiger partial charge in [0.15, 0.2) is 0 Å². The Morgan fingerprint density at radius 2 is 1.60 bits per heavy atom. The molecule has 0 amide bonds. The fraction of sp³-hybridized carbons (Fsp3) is 1.00. The lowest BCUT2D eigenvalue weighted by atomic mass is 10.2. The summed E-state index contributed by atoms with van der Waals surface area (Å²) in [5.74, 6) is 0. The Morgan fingerprint density at radius 1 is 1.00 bits per heavy atom. The molecule has 15 heavy (non-hydrogen) atoms. The number of hydrogen-bond acceptors (Lipinski definition) is 3. The van der Waals surface area contributed by atoms with Crippen molar-refractivity contribution in [1.29, 1.82) is 0 Å². The molecule has 1 rings (SSSR count). The molecule has 0 aromatic carbocycles. The third kappa shape index (κ3) is 5.39. The normalized spacial score (nSPS) is 20.0. The van der Waals surface area contributed by atoms with Crippen LogP contribution in [0, 0.1) is 0 Å². The number of aliphatic hydroxyl groups excluding tert-OH is 1. The number of aliphatic hydroxyl groups is 1. The van der Waals surface area contributed by atoms with E-state index in [4.69, 9.17) is 5.11 Å². The van der Waals surface area contributed by atoms with Gasteiger partial charge in [-0.2, -0.15) is 0 Å². The summed E-state index contributed by atoms with van der Waals surface area (Å²) in [7, 11) is 0. The van der Waals surface area contributed by atoms with E-state index in [1.807, 2.05) is 4.90 Å². The Hall–Kier alpha value is -0.260. The van der Waals surface area contributed by atoms with Crippen molar-refractivity contribution in [2.24, 2.45) is 0 Å². The third-order valence-corrected chi connectivity index (χ3v) is 2.74. The van der Waals surface area contributed by atoms with Crippen molar-refractivity contribution in [3.63, 3.8) is 0 Å². The predicted molar refractivity (Wildman–Crippen MR) is 55.2 cm³/mol. The number of nitrogens with zero attached hydrogens (tertiary/aromatic N) is 2. The van der Waals surface area contributed by atoms with Crippen LogP contribution in [-0.4, -0.2) is 67.2 Å². The van der Waals surface area contributed by atoms with E-state index in [1.165, 1.54) is 0 Å². The quantitative estimate of drug-likeness (QED) is 0.668. The van der Waals surface area contributed by atoms with Crippen LogP contribution in [-0.2, 0) is 0 Å². The van der Waals surface area contributed by atoms with Gasteiger partial charge in [-0.25, -0.2) is 8.78 Å². The molecule has 5 heteroatoms. The number of rotatable bonds is 6. The fourth-order valence-corrected chi connectivity index (χ4v) is 1.84. The summed E-state index contributed by atoms with van der Waals surface area (Å²) in [6, 6.07) is 0. The van der Waals surface area contributed by atoms with Crippen LogP contribution in [0.25, 0.3) is 0 Å². The molecule has 0 spiro atoms. The summed E-state index contributed by atoms with van der Waals surface area (Å²) in [5, 5.41) is 8.63. The van der Waals surface area contributed by atoms with Gasteiger partial charge in [-0.15, -0.1) is 0 Å². The average Bonchev–Trinajstić information content (AvgIpc) is 2.20. The predicted octanol–water partition coefficient (Wildman–Crippen LogP) is 0.642. The highest BCUT2D eigenvalue weighted by Gasteiger charge is 2.18. The first-order valence-electron chi connectivity index (χ1n) is 5.56. The number of unbranched alkanes of at least 4 members (excludes halogenated alkanes) is 1. The molecule has 0 unspecified atom stereocenters. The first-order valence-corrected chi connectivity index (χ1v) is 5.56. The molecule has 1 saturated heterocycles. The monoisotopic (exact) mass is 222 g/mol. The zero-order valence-electron chi connectivity index (χ0n) is 9.04. The lowest BCUT2D eigenvalue weighted by molar-refractivity contribution is 0.0555. The van der Waals surface area contributed by atoms with Gasteiger partial charge in [-0.05, 0) is 19.4 Å². The maximum absolute atomic E-state index is 12.1. The van der Waals surface area contributed by atoms with E-state index in [1.54, 1.807) is 0 Å². The first kappa shape index (κ1) is 12.8. The lowest BCUT2D eigenvalue weighted by Gasteiger charge is -2.34. The molecule has 0 aliphatic carbocycles. The zero-order valence-corrected chi connectivity index (χ0v) is 9.04. The summed E-state index contributed by atoms with van der Waals surface area (Å²) >= 11 is 0. The van der Waals surface area contributed by atoms with E-state index < -0.39 is 6.43 Å². The largest absolute Gasteiger partial charge is 0.396 e. The Bertz CT molecular complexity index is 162. The van der Waals surface area contributed by atoms with Crippen LogP contribution in [0.4, 0.5) is 8.78 Å². The van der Waals surface area contributed by atoms with Crippen molar-refractivity contribution in [3.05, 3.63) is 0 Å². The van der Waals surface area contributed by atoms with E-state index in [0.717, 1.165) is 45.6 Å². The molecule has 0 atom stereocenters. The number of hydrogen-bond donors (Lipinski definition) is 1. The molecule has 0 bridgehead atoms. The van der Waals surface area contributed by atoms with Crippen LogP contribution in [0.3, 0.4) is 0 Å². The van der Waals surface area contributed by atoms with Gasteiger partial charge in [0, 0.05) is 32.8 Å². The third-order valence-electron chi connectivity index (χ3n) is 2.74.